The summed E-state index contributed by atoms with van der Waals surface area (Å²) in [4.78, 5) is 21.9. The number of nitrogens with zero attached hydrogens (tertiary/aromatic N) is 5. The Morgan fingerprint density at radius 3 is 2.17 bits per heavy atom. The lowest BCUT2D eigenvalue weighted by molar-refractivity contribution is 0.0409. The summed E-state index contributed by atoms with van der Waals surface area (Å²) in [6, 6.07) is 2.26. The van der Waals surface area contributed by atoms with Crippen LogP contribution in [0.3, 0.4) is 0 Å². The fourth-order valence-corrected chi connectivity index (χ4v) is 4.66. The number of amides is 1. The summed E-state index contributed by atoms with van der Waals surface area (Å²) in [5.41, 5.74) is 0.415. The van der Waals surface area contributed by atoms with Crippen molar-refractivity contribution in [3.05, 3.63) is 17.7 Å². The molecule has 8 nitrogen and oxygen atoms in total. The first-order valence-corrected chi connectivity index (χ1v) is 10.9. The summed E-state index contributed by atoms with van der Waals surface area (Å²) in [6.07, 6.45) is 11.6. The molecule has 158 valence electrons. The lowest BCUT2D eigenvalue weighted by atomic mass is 9.88. The van der Waals surface area contributed by atoms with Gasteiger partial charge in [0.2, 0.25) is 5.76 Å². The van der Waals surface area contributed by atoms with Gasteiger partial charge in [-0.05, 0) is 39.8 Å². The normalized spacial score (nSPS) is 19.0. The van der Waals surface area contributed by atoms with Crippen molar-refractivity contribution in [2.24, 2.45) is 0 Å². The highest BCUT2D eigenvalue weighted by Crippen LogP contribution is 2.32. The van der Waals surface area contributed by atoms with Crippen molar-refractivity contribution in [3.8, 4) is 11.6 Å². The summed E-state index contributed by atoms with van der Waals surface area (Å²) in [7, 11) is 3.88. The van der Waals surface area contributed by atoms with Gasteiger partial charge in [-0.15, -0.1) is 0 Å². The molecule has 1 amide bonds. The van der Waals surface area contributed by atoms with Crippen LogP contribution in [0, 0.1) is 0 Å². The minimum Gasteiger partial charge on any atom is -0.350 e. The second-order valence-electron chi connectivity index (χ2n) is 8.63. The highest BCUT2D eigenvalue weighted by atomic mass is 16.5. The van der Waals surface area contributed by atoms with E-state index < -0.39 is 0 Å². The van der Waals surface area contributed by atoms with E-state index >= 15 is 0 Å². The number of hydrogen-bond acceptors (Lipinski definition) is 7. The van der Waals surface area contributed by atoms with Crippen LogP contribution >= 0.6 is 0 Å². The molecule has 2 heterocycles. The number of hydrogen-bond donors (Lipinski definition) is 0. The summed E-state index contributed by atoms with van der Waals surface area (Å²) in [5, 5.41) is 8.00. The largest absolute Gasteiger partial charge is 0.350 e. The Morgan fingerprint density at radius 2 is 1.59 bits per heavy atom. The summed E-state index contributed by atoms with van der Waals surface area (Å²) < 4.78 is 10.8. The van der Waals surface area contributed by atoms with Gasteiger partial charge in [0.1, 0.15) is 0 Å². The van der Waals surface area contributed by atoms with Crippen LogP contribution in [0.2, 0.25) is 0 Å². The molecular weight excluding hydrogens is 370 g/mol. The summed E-state index contributed by atoms with van der Waals surface area (Å²) >= 11 is 0. The minimum atomic E-state index is -0.0458. The van der Waals surface area contributed by atoms with Gasteiger partial charge < -0.3 is 18.8 Å². The Morgan fingerprint density at radius 1 is 0.966 bits per heavy atom. The van der Waals surface area contributed by atoms with E-state index in [1.165, 1.54) is 38.5 Å². The Kier molecular flexibility index (Phi) is 6.28. The molecule has 0 bridgehead atoms. The highest BCUT2D eigenvalue weighted by Gasteiger charge is 2.35. The zero-order valence-electron chi connectivity index (χ0n) is 17.5. The monoisotopic (exact) mass is 401 g/mol. The van der Waals surface area contributed by atoms with E-state index in [-0.39, 0.29) is 17.6 Å². The SMILES string of the molecule is CN(C)Cc1noc(-c2cc(C(=O)N(C3CCCCC3)C3CCCCC3)on2)n1. The number of rotatable bonds is 6. The lowest BCUT2D eigenvalue weighted by Gasteiger charge is -2.41. The van der Waals surface area contributed by atoms with Gasteiger partial charge in [-0.3, -0.25) is 4.79 Å². The van der Waals surface area contributed by atoms with Crippen LogP contribution in [0.5, 0.6) is 0 Å². The number of aromatic nitrogens is 3. The molecule has 29 heavy (non-hydrogen) atoms. The fourth-order valence-electron chi connectivity index (χ4n) is 4.66. The van der Waals surface area contributed by atoms with E-state index in [2.05, 4.69) is 20.2 Å². The van der Waals surface area contributed by atoms with Crippen LogP contribution < -0.4 is 0 Å². The van der Waals surface area contributed by atoms with Crippen molar-refractivity contribution in [2.75, 3.05) is 14.1 Å². The standard InChI is InChI=1S/C21H31N5O3/c1-25(2)14-19-22-20(29-24-19)17-13-18(28-23-17)21(27)26(15-9-5-3-6-10-15)16-11-7-4-8-12-16/h13,15-16H,3-12,14H2,1-2H3. The van der Waals surface area contributed by atoms with Crippen LogP contribution in [0.4, 0.5) is 0 Å². The van der Waals surface area contributed by atoms with Crippen molar-refractivity contribution in [2.45, 2.75) is 82.8 Å². The van der Waals surface area contributed by atoms with E-state index in [0.29, 0.717) is 30.1 Å². The molecule has 0 aromatic carbocycles. The van der Waals surface area contributed by atoms with E-state index in [1.807, 2.05) is 19.0 Å². The zero-order chi connectivity index (χ0) is 20.2. The molecule has 2 aliphatic rings. The molecule has 0 atom stereocenters. The smallest absolute Gasteiger partial charge is 0.292 e. The van der Waals surface area contributed by atoms with E-state index in [1.54, 1.807) is 6.07 Å². The average molecular weight is 402 g/mol. The van der Waals surface area contributed by atoms with Crippen molar-refractivity contribution in [1.82, 2.24) is 25.1 Å². The molecule has 0 spiro atoms. The first-order valence-electron chi connectivity index (χ1n) is 10.9. The first kappa shape index (κ1) is 20.1. The van der Waals surface area contributed by atoms with Gasteiger partial charge in [0.05, 0.1) is 6.54 Å². The molecule has 0 unspecified atom stereocenters. The predicted octanol–water partition coefficient (Wildman–Crippen LogP) is 3.89. The Bertz CT molecular complexity index is 785. The van der Waals surface area contributed by atoms with Gasteiger partial charge in [-0.25, -0.2) is 0 Å². The molecule has 4 rings (SSSR count). The number of carbonyl (C=O) groups is 1. The average Bonchev–Trinajstić information content (AvgIpc) is 3.39. The number of carbonyl (C=O) groups excluding carboxylic acids is 1. The maximum Gasteiger partial charge on any atom is 0.292 e. The topological polar surface area (TPSA) is 88.5 Å². The Labute approximate surface area is 171 Å². The molecule has 0 N–H and O–H groups in total. The molecule has 2 aliphatic carbocycles. The molecule has 2 aromatic rings. The second-order valence-corrected chi connectivity index (χ2v) is 8.63. The summed E-state index contributed by atoms with van der Waals surface area (Å²) in [5.74, 6) is 1.08. The van der Waals surface area contributed by atoms with Gasteiger partial charge in [-0.1, -0.05) is 48.8 Å². The molecule has 0 radical (unpaired) electrons. The van der Waals surface area contributed by atoms with Gasteiger partial charge in [-0.2, -0.15) is 4.98 Å². The van der Waals surface area contributed by atoms with E-state index in [4.69, 9.17) is 9.05 Å². The van der Waals surface area contributed by atoms with Crippen LogP contribution in [-0.4, -0.2) is 57.2 Å². The van der Waals surface area contributed by atoms with Crippen molar-refractivity contribution in [3.63, 3.8) is 0 Å². The van der Waals surface area contributed by atoms with Crippen molar-refractivity contribution < 1.29 is 13.8 Å². The van der Waals surface area contributed by atoms with E-state index in [9.17, 15) is 4.79 Å². The van der Waals surface area contributed by atoms with Gasteiger partial charge >= 0.3 is 0 Å². The van der Waals surface area contributed by atoms with Crippen molar-refractivity contribution >= 4 is 5.91 Å². The molecule has 2 fully saturated rings. The summed E-state index contributed by atoms with van der Waals surface area (Å²) in [6.45, 7) is 0.574. The second kappa shape index (κ2) is 9.07. The zero-order valence-corrected chi connectivity index (χ0v) is 17.5. The molecular formula is C21H31N5O3. The fraction of sp³-hybridized carbons (Fsp3) is 0.714. The molecule has 8 heteroatoms. The Balaban J connectivity index is 1.53. The van der Waals surface area contributed by atoms with Crippen LogP contribution in [-0.2, 0) is 6.54 Å². The maximum absolute atomic E-state index is 13.5. The highest BCUT2D eigenvalue weighted by molar-refractivity contribution is 5.92. The van der Waals surface area contributed by atoms with E-state index in [0.717, 1.165) is 25.7 Å². The third kappa shape index (κ3) is 4.69. The molecule has 0 saturated heterocycles. The first-order chi connectivity index (χ1) is 14.1. The Hall–Kier alpha value is -2.22. The molecule has 2 aromatic heterocycles. The predicted molar refractivity (Wildman–Crippen MR) is 107 cm³/mol. The van der Waals surface area contributed by atoms with Crippen LogP contribution in [0.1, 0.15) is 80.6 Å². The molecule has 0 aliphatic heterocycles. The van der Waals surface area contributed by atoms with Crippen LogP contribution in [0.25, 0.3) is 11.6 Å². The van der Waals surface area contributed by atoms with Gasteiger partial charge in [0, 0.05) is 18.2 Å². The van der Waals surface area contributed by atoms with Crippen LogP contribution in [0.15, 0.2) is 15.1 Å². The van der Waals surface area contributed by atoms with Crippen molar-refractivity contribution in [1.29, 1.82) is 0 Å². The van der Waals surface area contributed by atoms with Gasteiger partial charge in [0.15, 0.2) is 11.5 Å². The third-order valence-electron chi connectivity index (χ3n) is 6.04. The van der Waals surface area contributed by atoms with Gasteiger partial charge in [0.25, 0.3) is 11.8 Å². The lowest BCUT2D eigenvalue weighted by Crippen LogP contribution is -2.48. The minimum absolute atomic E-state index is 0.0458. The molecule has 2 saturated carbocycles. The maximum atomic E-state index is 13.5. The third-order valence-corrected chi connectivity index (χ3v) is 6.04. The quantitative estimate of drug-likeness (QED) is 0.725.